The van der Waals surface area contributed by atoms with Crippen molar-refractivity contribution >= 4 is 11.9 Å². The van der Waals surface area contributed by atoms with Crippen LogP contribution in [0.25, 0.3) is 0 Å². The molecule has 1 aromatic rings. The molecule has 1 aliphatic heterocycles. The fraction of sp³-hybridized carbons (Fsp3) is 0.632. The third kappa shape index (κ3) is 5.53. The molecule has 1 aliphatic rings. The Hall–Kier alpha value is -1.95. The van der Waals surface area contributed by atoms with Gasteiger partial charge in [-0.05, 0) is 45.7 Å². The van der Waals surface area contributed by atoms with Crippen LogP contribution < -0.4 is 5.32 Å². The SMILES string of the molecule is Cc1cccnc1CCC(=O)C1(NC(=O)OC(C)(C)C)CCOCC1. The maximum Gasteiger partial charge on any atom is 0.408 e. The van der Waals surface area contributed by atoms with Crippen LogP contribution in [0, 0.1) is 6.92 Å². The second-order valence-corrected chi connectivity index (χ2v) is 7.51. The first-order chi connectivity index (χ1) is 11.7. The molecule has 0 saturated carbocycles. The van der Waals surface area contributed by atoms with E-state index in [4.69, 9.17) is 9.47 Å². The van der Waals surface area contributed by atoms with Crippen molar-refractivity contribution in [3.8, 4) is 0 Å². The van der Waals surface area contributed by atoms with Gasteiger partial charge in [0.15, 0.2) is 5.78 Å². The number of ketones is 1. The molecule has 1 aromatic heterocycles. The summed E-state index contributed by atoms with van der Waals surface area (Å²) in [6.07, 6.45) is 2.99. The van der Waals surface area contributed by atoms with E-state index >= 15 is 0 Å². The van der Waals surface area contributed by atoms with Crippen molar-refractivity contribution in [3.63, 3.8) is 0 Å². The molecular formula is C19H28N2O4. The number of carbonyl (C=O) groups is 2. The molecule has 0 atom stereocenters. The third-order valence-electron chi connectivity index (χ3n) is 4.33. The van der Waals surface area contributed by atoms with Gasteiger partial charge in [0.2, 0.25) is 0 Å². The summed E-state index contributed by atoms with van der Waals surface area (Å²) in [6.45, 7) is 8.28. The molecule has 0 bridgehead atoms. The van der Waals surface area contributed by atoms with Crippen LogP contribution in [0.15, 0.2) is 18.3 Å². The Morgan fingerprint density at radius 3 is 2.60 bits per heavy atom. The van der Waals surface area contributed by atoms with E-state index in [-0.39, 0.29) is 5.78 Å². The van der Waals surface area contributed by atoms with Crippen molar-refractivity contribution in [1.29, 1.82) is 0 Å². The van der Waals surface area contributed by atoms with E-state index in [0.717, 1.165) is 11.3 Å². The lowest BCUT2D eigenvalue weighted by atomic mass is 9.83. The van der Waals surface area contributed by atoms with Crippen molar-refractivity contribution in [2.24, 2.45) is 0 Å². The Bertz CT molecular complexity index is 616. The van der Waals surface area contributed by atoms with Crippen molar-refractivity contribution in [2.45, 2.75) is 64.5 Å². The summed E-state index contributed by atoms with van der Waals surface area (Å²) in [7, 11) is 0. The molecular weight excluding hydrogens is 320 g/mol. The molecule has 1 amide bonds. The average Bonchev–Trinajstić information content (AvgIpc) is 2.52. The van der Waals surface area contributed by atoms with Gasteiger partial charge in [0, 0.05) is 44.4 Å². The normalized spacial score (nSPS) is 17.0. The summed E-state index contributed by atoms with van der Waals surface area (Å²) in [5, 5.41) is 2.83. The lowest BCUT2D eigenvalue weighted by Crippen LogP contribution is -2.58. The summed E-state index contributed by atoms with van der Waals surface area (Å²) in [5.74, 6) is 0.00622. The predicted octanol–water partition coefficient (Wildman–Crippen LogP) is 2.97. The maximum atomic E-state index is 13.0. The van der Waals surface area contributed by atoms with Gasteiger partial charge in [0.1, 0.15) is 11.1 Å². The molecule has 138 valence electrons. The number of pyridine rings is 1. The highest BCUT2D eigenvalue weighted by Gasteiger charge is 2.41. The Morgan fingerprint density at radius 1 is 1.32 bits per heavy atom. The topological polar surface area (TPSA) is 77.5 Å². The van der Waals surface area contributed by atoms with Gasteiger partial charge in [-0.25, -0.2) is 4.79 Å². The van der Waals surface area contributed by atoms with Gasteiger partial charge in [-0.3, -0.25) is 9.78 Å². The number of carbonyl (C=O) groups excluding carboxylic acids is 2. The Morgan fingerprint density at radius 2 is 2.00 bits per heavy atom. The highest BCUT2D eigenvalue weighted by molar-refractivity contribution is 5.92. The lowest BCUT2D eigenvalue weighted by molar-refractivity contribution is -0.129. The lowest BCUT2D eigenvalue weighted by Gasteiger charge is -2.37. The van der Waals surface area contributed by atoms with Gasteiger partial charge in [-0.2, -0.15) is 0 Å². The second-order valence-electron chi connectivity index (χ2n) is 7.51. The van der Waals surface area contributed by atoms with Crippen LogP contribution in [-0.2, 0) is 20.7 Å². The Labute approximate surface area is 149 Å². The van der Waals surface area contributed by atoms with E-state index in [1.54, 1.807) is 27.0 Å². The zero-order valence-electron chi connectivity index (χ0n) is 15.6. The fourth-order valence-corrected chi connectivity index (χ4v) is 2.94. The molecule has 25 heavy (non-hydrogen) atoms. The largest absolute Gasteiger partial charge is 0.444 e. The smallest absolute Gasteiger partial charge is 0.408 e. The minimum absolute atomic E-state index is 0.00622. The molecule has 0 aromatic carbocycles. The van der Waals surface area contributed by atoms with Crippen LogP contribution in [-0.4, -0.2) is 41.2 Å². The molecule has 2 heterocycles. The summed E-state index contributed by atoms with van der Waals surface area (Å²) in [5.41, 5.74) is 0.458. The molecule has 0 radical (unpaired) electrons. The average molecular weight is 348 g/mol. The molecule has 1 N–H and O–H groups in total. The van der Waals surface area contributed by atoms with Gasteiger partial charge >= 0.3 is 6.09 Å². The molecule has 0 spiro atoms. The number of Topliss-reactive ketones (excluding diaryl/α,β-unsaturated/α-hetero) is 1. The van der Waals surface area contributed by atoms with Gasteiger partial charge in [-0.1, -0.05) is 6.07 Å². The summed E-state index contributed by atoms with van der Waals surface area (Å²) >= 11 is 0. The van der Waals surface area contributed by atoms with E-state index in [0.29, 0.717) is 38.9 Å². The Kier molecular flexibility index (Phi) is 6.16. The summed E-state index contributed by atoms with van der Waals surface area (Å²) in [4.78, 5) is 29.5. The van der Waals surface area contributed by atoms with Gasteiger partial charge in [0.25, 0.3) is 0 Å². The van der Waals surface area contributed by atoms with Crippen LogP contribution in [0.1, 0.15) is 51.3 Å². The standard InChI is InChI=1S/C19H28N2O4/c1-14-6-5-11-20-15(14)7-8-16(22)19(9-12-24-13-10-19)21-17(23)25-18(2,3)4/h5-6,11H,7-10,12-13H2,1-4H3,(H,21,23). The number of nitrogens with zero attached hydrogens (tertiary/aromatic N) is 1. The highest BCUT2D eigenvalue weighted by atomic mass is 16.6. The van der Waals surface area contributed by atoms with Crippen LogP contribution in [0.3, 0.4) is 0 Å². The molecule has 6 heteroatoms. The molecule has 0 aliphatic carbocycles. The van der Waals surface area contributed by atoms with Gasteiger partial charge in [-0.15, -0.1) is 0 Å². The van der Waals surface area contributed by atoms with E-state index in [9.17, 15) is 9.59 Å². The van der Waals surface area contributed by atoms with Gasteiger partial charge < -0.3 is 14.8 Å². The van der Waals surface area contributed by atoms with Crippen LogP contribution >= 0.6 is 0 Å². The molecule has 1 saturated heterocycles. The molecule has 2 rings (SSSR count). The fourth-order valence-electron chi connectivity index (χ4n) is 2.94. The minimum Gasteiger partial charge on any atom is -0.444 e. The number of aromatic nitrogens is 1. The van der Waals surface area contributed by atoms with E-state index in [2.05, 4.69) is 10.3 Å². The zero-order valence-corrected chi connectivity index (χ0v) is 15.6. The van der Waals surface area contributed by atoms with Crippen LogP contribution in [0.5, 0.6) is 0 Å². The zero-order chi connectivity index (χ0) is 18.5. The number of amides is 1. The number of nitrogens with one attached hydrogen (secondary N) is 1. The predicted molar refractivity (Wildman–Crippen MR) is 94.5 cm³/mol. The van der Waals surface area contributed by atoms with E-state index in [1.165, 1.54) is 0 Å². The van der Waals surface area contributed by atoms with E-state index in [1.807, 2.05) is 19.1 Å². The van der Waals surface area contributed by atoms with Crippen LogP contribution in [0.4, 0.5) is 4.79 Å². The number of alkyl carbamates (subject to hydrolysis) is 1. The summed E-state index contributed by atoms with van der Waals surface area (Å²) < 4.78 is 10.7. The number of hydrogen-bond donors (Lipinski definition) is 1. The van der Waals surface area contributed by atoms with Crippen molar-refractivity contribution in [1.82, 2.24) is 10.3 Å². The Balaban J connectivity index is 2.06. The first-order valence-electron chi connectivity index (χ1n) is 8.75. The summed E-state index contributed by atoms with van der Waals surface area (Å²) in [6, 6.07) is 3.86. The highest BCUT2D eigenvalue weighted by Crippen LogP contribution is 2.25. The first kappa shape index (κ1) is 19.4. The number of aryl methyl sites for hydroxylation is 2. The third-order valence-corrected chi connectivity index (χ3v) is 4.33. The van der Waals surface area contributed by atoms with Crippen molar-refractivity contribution in [3.05, 3.63) is 29.6 Å². The number of hydrogen-bond acceptors (Lipinski definition) is 5. The minimum atomic E-state index is -0.913. The maximum absolute atomic E-state index is 13.0. The quantitative estimate of drug-likeness (QED) is 0.885. The van der Waals surface area contributed by atoms with Gasteiger partial charge in [0.05, 0.1) is 0 Å². The molecule has 1 fully saturated rings. The van der Waals surface area contributed by atoms with E-state index < -0.39 is 17.2 Å². The molecule has 0 unspecified atom stereocenters. The van der Waals surface area contributed by atoms with Crippen molar-refractivity contribution in [2.75, 3.05) is 13.2 Å². The molecule has 6 nitrogen and oxygen atoms in total. The van der Waals surface area contributed by atoms with Crippen LogP contribution in [0.2, 0.25) is 0 Å². The number of ether oxygens (including phenoxy) is 2. The first-order valence-corrected chi connectivity index (χ1v) is 8.75. The van der Waals surface area contributed by atoms with Crippen molar-refractivity contribution < 1.29 is 19.1 Å². The number of rotatable bonds is 5. The monoisotopic (exact) mass is 348 g/mol. The second kappa shape index (κ2) is 7.95.